The molecule has 3 aromatic carbocycles. The zero-order chi connectivity index (χ0) is 30.3. The van der Waals surface area contributed by atoms with Crippen molar-refractivity contribution in [3.63, 3.8) is 0 Å². The van der Waals surface area contributed by atoms with Crippen LogP contribution in [0.15, 0.2) is 85.2 Å². The molecule has 0 saturated heterocycles. The van der Waals surface area contributed by atoms with Crippen molar-refractivity contribution in [2.24, 2.45) is 5.92 Å². The van der Waals surface area contributed by atoms with Crippen molar-refractivity contribution in [3.05, 3.63) is 102 Å². The predicted molar refractivity (Wildman–Crippen MR) is 171 cm³/mol. The van der Waals surface area contributed by atoms with E-state index in [0.29, 0.717) is 17.3 Å². The molecule has 1 heterocycles. The third kappa shape index (κ3) is 7.47. The molecule has 0 unspecified atom stereocenters. The van der Waals surface area contributed by atoms with Crippen LogP contribution in [0.5, 0.6) is 0 Å². The van der Waals surface area contributed by atoms with Gasteiger partial charge in [0.2, 0.25) is 0 Å². The minimum Gasteiger partial charge on any atom is -0.480 e. The first kappa shape index (κ1) is 30.0. The minimum absolute atomic E-state index is 0.160. The molecule has 43 heavy (non-hydrogen) atoms. The van der Waals surface area contributed by atoms with E-state index in [1.807, 2.05) is 67.8 Å². The van der Waals surface area contributed by atoms with Crippen LogP contribution in [0.4, 0.5) is 5.69 Å². The van der Waals surface area contributed by atoms with Gasteiger partial charge in [-0.1, -0.05) is 61.9 Å². The third-order valence-corrected chi connectivity index (χ3v) is 8.69. The molecule has 0 radical (unpaired) electrons. The Balaban J connectivity index is 1.19. The van der Waals surface area contributed by atoms with Crippen molar-refractivity contribution in [3.8, 4) is 22.5 Å². The molecule has 7 heteroatoms. The van der Waals surface area contributed by atoms with Crippen LogP contribution in [-0.2, 0) is 11.2 Å². The van der Waals surface area contributed by atoms with E-state index in [0.717, 1.165) is 33.9 Å². The number of benzene rings is 3. The van der Waals surface area contributed by atoms with Gasteiger partial charge in [0.25, 0.3) is 5.91 Å². The monoisotopic (exact) mass is 576 g/mol. The lowest BCUT2D eigenvalue weighted by molar-refractivity contribution is -0.139. The number of amides is 1. The standard InChI is InChI=1S/C36H40N4O3/c1-4-24-5-9-26(10-6-24)27-13-15-28(16-14-27)31-22-37-34(38-23-31)29-11-7-25(8-12-29)21-33(36(42)43)39-35(41)30-17-19-32(20-18-30)40(2)3/h7-8,11-20,22-24,26,33H,4-6,9-10,21H2,1-3H3,(H,39,41)(H,42,43)/t24?,26?,33-/m0/s1. The van der Waals surface area contributed by atoms with Crippen molar-refractivity contribution >= 4 is 17.6 Å². The molecule has 222 valence electrons. The highest BCUT2D eigenvalue weighted by atomic mass is 16.4. The summed E-state index contributed by atoms with van der Waals surface area (Å²) in [6, 6.07) is 22.3. The van der Waals surface area contributed by atoms with Gasteiger partial charge >= 0.3 is 5.97 Å². The summed E-state index contributed by atoms with van der Waals surface area (Å²) in [6.07, 6.45) is 10.4. The van der Waals surface area contributed by atoms with Crippen LogP contribution in [0.2, 0.25) is 0 Å². The highest BCUT2D eigenvalue weighted by molar-refractivity contribution is 5.97. The van der Waals surface area contributed by atoms with Crippen molar-refractivity contribution in [1.29, 1.82) is 0 Å². The number of aromatic nitrogens is 2. The molecule has 1 aliphatic carbocycles. The van der Waals surface area contributed by atoms with E-state index in [2.05, 4.69) is 46.5 Å². The molecule has 1 saturated carbocycles. The van der Waals surface area contributed by atoms with Gasteiger partial charge in [0, 0.05) is 55.3 Å². The lowest BCUT2D eigenvalue weighted by atomic mass is 9.78. The SMILES string of the molecule is CCC1CCC(c2ccc(-c3cnc(-c4ccc(C[C@H](NC(=O)c5ccc(N(C)C)cc5)C(=O)O)cc4)nc3)cc2)CC1. The molecule has 4 aromatic rings. The summed E-state index contributed by atoms with van der Waals surface area (Å²) in [5, 5.41) is 12.4. The maximum absolute atomic E-state index is 12.7. The molecule has 2 N–H and O–H groups in total. The second-order valence-electron chi connectivity index (χ2n) is 11.7. The normalized spacial score (nSPS) is 17.2. The van der Waals surface area contributed by atoms with E-state index < -0.39 is 17.9 Å². The maximum atomic E-state index is 12.7. The number of nitrogens with zero attached hydrogens (tertiary/aromatic N) is 3. The number of rotatable bonds is 10. The summed E-state index contributed by atoms with van der Waals surface area (Å²) in [5.74, 6) is 0.661. The summed E-state index contributed by atoms with van der Waals surface area (Å²) in [7, 11) is 3.83. The van der Waals surface area contributed by atoms with Crippen LogP contribution in [0.1, 0.15) is 66.4 Å². The summed E-state index contributed by atoms with van der Waals surface area (Å²) >= 11 is 0. The van der Waals surface area contributed by atoms with Gasteiger partial charge in [0.05, 0.1) is 0 Å². The van der Waals surface area contributed by atoms with Gasteiger partial charge in [0.1, 0.15) is 6.04 Å². The Morgan fingerprint density at radius 2 is 1.44 bits per heavy atom. The van der Waals surface area contributed by atoms with Crippen LogP contribution in [-0.4, -0.2) is 47.1 Å². The van der Waals surface area contributed by atoms with Crippen LogP contribution in [0.3, 0.4) is 0 Å². The molecule has 1 atom stereocenters. The van der Waals surface area contributed by atoms with Crippen molar-refractivity contribution < 1.29 is 14.7 Å². The Bertz CT molecular complexity index is 1510. The number of anilines is 1. The number of hydrogen-bond donors (Lipinski definition) is 2. The Morgan fingerprint density at radius 3 is 2.00 bits per heavy atom. The Morgan fingerprint density at radius 1 is 0.837 bits per heavy atom. The minimum atomic E-state index is -1.09. The summed E-state index contributed by atoms with van der Waals surface area (Å²) < 4.78 is 0. The van der Waals surface area contributed by atoms with Crippen LogP contribution in [0.25, 0.3) is 22.5 Å². The van der Waals surface area contributed by atoms with Gasteiger partial charge in [0.15, 0.2) is 5.82 Å². The van der Waals surface area contributed by atoms with E-state index in [1.54, 1.807) is 12.1 Å². The van der Waals surface area contributed by atoms with Gasteiger partial charge in [-0.05, 0) is 78.5 Å². The van der Waals surface area contributed by atoms with Gasteiger partial charge in [-0.3, -0.25) is 4.79 Å². The number of carbonyl (C=O) groups is 2. The lowest BCUT2D eigenvalue weighted by Crippen LogP contribution is -2.42. The first-order valence-electron chi connectivity index (χ1n) is 15.1. The quantitative estimate of drug-likeness (QED) is 0.211. The smallest absolute Gasteiger partial charge is 0.326 e. The van der Waals surface area contributed by atoms with Crippen LogP contribution < -0.4 is 10.2 Å². The summed E-state index contributed by atoms with van der Waals surface area (Å²) in [5.41, 5.74) is 6.50. The average Bonchev–Trinajstić information content (AvgIpc) is 3.05. The molecule has 1 fully saturated rings. The highest BCUT2D eigenvalue weighted by Crippen LogP contribution is 2.37. The van der Waals surface area contributed by atoms with E-state index in [4.69, 9.17) is 0 Å². The molecular formula is C36H40N4O3. The fraction of sp³-hybridized carbons (Fsp3) is 0.333. The first-order valence-corrected chi connectivity index (χ1v) is 15.1. The molecule has 1 amide bonds. The number of aliphatic carboxylic acids is 1. The topological polar surface area (TPSA) is 95.4 Å². The van der Waals surface area contributed by atoms with Crippen molar-refractivity contribution in [2.45, 2.75) is 57.4 Å². The van der Waals surface area contributed by atoms with Gasteiger partial charge in [-0.2, -0.15) is 0 Å². The Hall–Kier alpha value is -4.52. The third-order valence-electron chi connectivity index (χ3n) is 8.69. The van der Waals surface area contributed by atoms with Gasteiger partial charge < -0.3 is 15.3 Å². The number of nitrogens with one attached hydrogen (secondary N) is 1. The Kier molecular flexibility index (Phi) is 9.50. The van der Waals surface area contributed by atoms with Crippen molar-refractivity contribution in [2.75, 3.05) is 19.0 Å². The molecule has 5 rings (SSSR count). The highest BCUT2D eigenvalue weighted by Gasteiger charge is 2.22. The zero-order valence-electron chi connectivity index (χ0n) is 25.2. The van der Waals surface area contributed by atoms with Crippen LogP contribution >= 0.6 is 0 Å². The second kappa shape index (κ2) is 13.6. The molecule has 1 aromatic heterocycles. The molecule has 7 nitrogen and oxygen atoms in total. The first-order chi connectivity index (χ1) is 20.8. The van der Waals surface area contributed by atoms with E-state index in [9.17, 15) is 14.7 Å². The fourth-order valence-electron chi connectivity index (χ4n) is 5.86. The van der Waals surface area contributed by atoms with Gasteiger partial charge in [-0.25, -0.2) is 14.8 Å². The average molecular weight is 577 g/mol. The number of hydrogen-bond acceptors (Lipinski definition) is 5. The summed E-state index contributed by atoms with van der Waals surface area (Å²) in [6.45, 7) is 2.30. The Labute approximate surface area is 254 Å². The van der Waals surface area contributed by atoms with E-state index in [-0.39, 0.29) is 6.42 Å². The predicted octanol–water partition coefficient (Wildman–Crippen LogP) is 6.99. The number of carbonyl (C=O) groups excluding carboxylic acids is 1. The summed E-state index contributed by atoms with van der Waals surface area (Å²) in [4.78, 5) is 35.8. The largest absolute Gasteiger partial charge is 0.480 e. The molecule has 1 aliphatic rings. The molecule has 0 aliphatic heterocycles. The van der Waals surface area contributed by atoms with Crippen molar-refractivity contribution in [1.82, 2.24) is 15.3 Å². The number of carboxylic acids is 1. The van der Waals surface area contributed by atoms with E-state index >= 15 is 0 Å². The van der Waals surface area contributed by atoms with Gasteiger partial charge in [-0.15, -0.1) is 0 Å². The zero-order valence-corrected chi connectivity index (χ0v) is 25.2. The maximum Gasteiger partial charge on any atom is 0.326 e. The van der Waals surface area contributed by atoms with Crippen LogP contribution in [0, 0.1) is 5.92 Å². The van der Waals surface area contributed by atoms with E-state index in [1.165, 1.54) is 37.7 Å². The molecule has 0 bridgehead atoms. The molecular weight excluding hydrogens is 536 g/mol. The molecule has 0 spiro atoms. The second-order valence-corrected chi connectivity index (χ2v) is 11.7. The fourth-order valence-corrected chi connectivity index (χ4v) is 5.86. The number of carboxylic acid groups (broad SMARTS) is 1. The lowest BCUT2D eigenvalue weighted by Gasteiger charge is -2.28.